The fourth-order valence-electron chi connectivity index (χ4n) is 1.49. The van der Waals surface area contributed by atoms with E-state index in [0.29, 0.717) is 19.6 Å². The molecule has 0 spiro atoms. The number of ether oxygens (including phenoxy) is 1. The maximum Gasteiger partial charge on any atom is 0.309 e. The van der Waals surface area contributed by atoms with Crippen molar-refractivity contribution in [3.8, 4) is 0 Å². The fraction of sp³-hybridized carbons (Fsp3) is 0.500. The van der Waals surface area contributed by atoms with Gasteiger partial charge < -0.3 is 9.84 Å². The molecule has 0 aliphatic carbocycles. The van der Waals surface area contributed by atoms with Gasteiger partial charge in [-0.05, 0) is 44.4 Å². The molecular formula is C14H19BrO3. The second-order valence-corrected chi connectivity index (χ2v) is 5.89. The van der Waals surface area contributed by atoms with Crippen molar-refractivity contribution in [3.63, 3.8) is 0 Å². The molecule has 0 aliphatic rings. The third-order valence-electron chi connectivity index (χ3n) is 2.85. The molecule has 100 valence electrons. The lowest BCUT2D eigenvalue weighted by Gasteiger charge is -2.18. The van der Waals surface area contributed by atoms with Crippen LogP contribution in [0, 0.1) is 5.41 Å². The minimum absolute atomic E-state index is 0.570. The van der Waals surface area contributed by atoms with Crippen LogP contribution in [0.4, 0.5) is 0 Å². The lowest BCUT2D eigenvalue weighted by Crippen LogP contribution is -2.23. The van der Waals surface area contributed by atoms with Gasteiger partial charge in [-0.1, -0.05) is 28.1 Å². The van der Waals surface area contributed by atoms with Crippen LogP contribution in [0.25, 0.3) is 0 Å². The number of rotatable bonds is 7. The van der Waals surface area contributed by atoms with E-state index in [1.165, 1.54) is 0 Å². The highest BCUT2D eigenvalue weighted by Gasteiger charge is 2.25. The van der Waals surface area contributed by atoms with Crippen LogP contribution in [0.2, 0.25) is 0 Å². The minimum atomic E-state index is -0.754. The molecule has 0 radical (unpaired) electrons. The lowest BCUT2D eigenvalue weighted by molar-refractivity contribution is -0.147. The second-order valence-electron chi connectivity index (χ2n) is 4.97. The van der Waals surface area contributed by atoms with Gasteiger partial charge in [0.25, 0.3) is 0 Å². The van der Waals surface area contributed by atoms with Crippen LogP contribution in [0.1, 0.15) is 32.3 Å². The summed E-state index contributed by atoms with van der Waals surface area (Å²) in [5.74, 6) is -0.754. The van der Waals surface area contributed by atoms with Gasteiger partial charge in [-0.3, -0.25) is 4.79 Å². The van der Waals surface area contributed by atoms with Gasteiger partial charge in [-0.2, -0.15) is 0 Å². The molecular weight excluding hydrogens is 296 g/mol. The normalized spacial score (nSPS) is 11.5. The number of halogens is 1. The number of carbonyl (C=O) groups is 1. The van der Waals surface area contributed by atoms with Crippen molar-refractivity contribution in [2.75, 3.05) is 6.61 Å². The number of hydrogen-bond acceptors (Lipinski definition) is 2. The van der Waals surface area contributed by atoms with Crippen molar-refractivity contribution in [3.05, 3.63) is 34.3 Å². The molecule has 0 atom stereocenters. The molecule has 1 aromatic carbocycles. The summed E-state index contributed by atoms with van der Waals surface area (Å²) >= 11 is 3.38. The molecule has 0 fully saturated rings. The van der Waals surface area contributed by atoms with Gasteiger partial charge in [0.05, 0.1) is 12.0 Å². The summed E-state index contributed by atoms with van der Waals surface area (Å²) < 4.78 is 6.58. The van der Waals surface area contributed by atoms with E-state index in [-0.39, 0.29) is 0 Å². The molecule has 0 amide bonds. The van der Waals surface area contributed by atoms with E-state index in [4.69, 9.17) is 9.84 Å². The molecule has 0 unspecified atom stereocenters. The Morgan fingerprint density at radius 2 is 1.94 bits per heavy atom. The Kier molecular flexibility index (Phi) is 5.82. The van der Waals surface area contributed by atoms with Crippen LogP contribution in [0.15, 0.2) is 28.7 Å². The fourth-order valence-corrected chi connectivity index (χ4v) is 1.76. The largest absolute Gasteiger partial charge is 0.481 e. The molecule has 18 heavy (non-hydrogen) atoms. The van der Waals surface area contributed by atoms with Crippen molar-refractivity contribution >= 4 is 21.9 Å². The van der Waals surface area contributed by atoms with Crippen LogP contribution in [0.5, 0.6) is 0 Å². The smallest absolute Gasteiger partial charge is 0.309 e. The Morgan fingerprint density at radius 1 is 1.33 bits per heavy atom. The number of carboxylic acids is 1. The first kappa shape index (κ1) is 15.2. The highest BCUT2D eigenvalue weighted by atomic mass is 79.9. The summed E-state index contributed by atoms with van der Waals surface area (Å²) in [4.78, 5) is 10.9. The average molecular weight is 315 g/mol. The summed E-state index contributed by atoms with van der Waals surface area (Å²) in [6, 6.07) is 7.97. The Labute approximate surface area is 116 Å². The molecule has 0 aromatic heterocycles. The predicted octanol–water partition coefficient (Wildman–Crippen LogP) is 3.86. The SMILES string of the molecule is CC(C)(CCCOCc1ccc(Br)cc1)C(=O)O. The zero-order chi connectivity index (χ0) is 13.6. The molecule has 4 heteroatoms. The van der Waals surface area contributed by atoms with Gasteiger partial charge in [0, 0.05) is 11.1 Å². The predicted molar refractivity (Wildman–Crippen MR) is 74.4 cm³/mol. The molecule has 1 aromatic rings. The molecule has 0 heterocycles. The summed E-state index contributed by atoms with van der Waals surface area (Å²) in [5, 5.41) is 8.96. The maximum absolute atomic E-state index is 10.9. The Balaban J connectivity index is 2.20. The van der Waals surface area contributed by atoms with Crippen molar-refractivity contribution in [1.29, 1.82) is 0 Å². The Morgan fingerprint density at radius 3 is 2.50 bits per heavy atom. The maximum atomic E-state index is 10.9. The van der Waals surface area contributed by atoms with Crippen molar-refractivity contribution in [2.24, 2.45) is 5.41 Å². The zero-order valence-corrected chi connectivity index (χ0v) is 12.4. The van der Waals surface area contributed by atoms with E-state index in [1.807, 2.05) is 24.3 Å². The van der Waals surface area contributed by atoms with Gasteiger partial charge >= 0.3 is 5.97 Å². The first-order valence-electron chi connectivity index (χ1n) is 5.97. The van der Waals surface area contributed by atoms with Gasteiger partial charge in [-0.25, -0.2) is 0 Å². The van der Waals surface area contributed by atoms with E-state index < -0.39 is 11.4 Å². The average Bonchev–Trinajstić information content (AvgIpc) is 2.31. The van der Waals surface area contributed by atoms with Crippen LogP contribution in [-0.4, -0.2) is 17.7 Å². The minimum Gasteiger partial charge on any atom is -0.481 e. The van der Waals surface area contributed by atoms with Crippen LogP contribution in [0.3, 0.4) is 0 Å². The van der Waals surface area contributed by atoms with E-state index in [9.17, 15) is 4.79 Å². The van der Waals surface area contributed by atoms with Gasteiger partial charge in [0.1, 0.15) is 0 Å². The molecule has 0 saturated heterocycles. The van der Waals surface area contributed by atoms with Crippen molar-refractivity contribution < 1.29 is 14.6 Å². The third-order valence-corrected chi connectivity index (χ3v) is 3.38. The third kappa shape index (κ3) is 5.19. The number of hydrogen-bond donors (Lipinski definition) is 1. The molecule has 0 saturated carbocycles. The van der Waals surface area contributed by atoms with Crippen molar-refractivity contribution in [1.82, 2.24) is 0 Å². The first-order chi connectivity index (χ1) is 8.42. The number of carboxylic acid groups (broad SMARTS) is 1. The van der Waals surface area contributed by atoms with E-state index in [1.54, 1.807) is 13.8 Å². The molecule has 1 rings (SSSR count). The topological polar surface area (TPSA) is 46.5 Å². The summed E-state index contributed by atoms with van der Waals surface area (Å²) in [6.45, 7) is 4.64. The van der Waals surface area contributed by atoms with Crippen LogP contribution >= 0.6 is 15.9 Å². The van der Waals surface area contributed by atoms with E-state index in [2.05, 4.69) is 15.9 Å². The van der Waals surface area contributed by atoms with Crippen LogP contribution < -0.4 is 0 Å². The quantitative estimate of drug-likeness (QED) is 0.777. The standard InChI is InChI=1S/C14H19BrO3/c1-14(2,13(16)17)8-3-9-18-10-11-4-6-12(15)7-5-11/h4-7H,3,8-10H2,1-2H3,(H,16,17). The van der Waals surface area contributed by atoms with E-state index in [0.717, 1.165) is 16.5 Å². The summed E-state index contributed by atoms with van der Waals surface area (Å²) in [6.07, 6.45) is 1.39. The Bertz CT molecular complexity index is 385. The number of benzene rings is 1. The highest BCUT2D eigenvalue weighted by Crippen LogP contribution is 2.22. The summed E-state index contributed by atoms with van der Waals surface area (Å²) in [7, 11) is 0. The van der Waals surface area contributed by atoms with Crippen LogP contribution in [-0.2, 0) is 16.1 Å². The van der Waals surface area contributed by atoms with Crippen molar-refractivity contribution in [2.45, 2.75) is 33.3 Å². The monoisotopic (exact) mass is 314 g/mol. The second kappa shape index (κ2) is 6.90. The van der Waals surface area contributed by atoms with Gasteiger partial charge in [-0.15, -0.1) is 0 Å². The molecule has 3 nitrogen and oxygen atoms in total. The Hall–Kier alpha value is -0.870. The first-order valence-corrected chi connectivity index (χ1v) is 6.77. The summed E-state index contributed by atoms with van der Waals surface area (Å²) in [5.41, 5.74) is 0.455. The van der Waals surface area contributed by atoms with Gasteiger partial charge in [0.2, 0.25) is 0 Å². The molecule has 0 bridgehead atoms. The number of aliphatic carboxylic acids is 1. The zero-order valence-electron chi connectivity index (χ0n) is 10.8. The lowest BCUT2D eigenvalue weighted by atomic mass is 9.88. The van der Waals surface area contributed by atoms with E-state index >= 15 is 0 Å². The van der Waals surface area contributed by atoms with Gasteiger partial charge in [0.15, 0.2) is 0 Å². The highest BCUT2D eigenvalue weighted by molar-refractivity contribution is 9.10. The molecule has 0 aliphatic heterocycles. The molecule has 1 N–H and O–H groups in total.